The predicted octanol–water partition coefficient (Wildman–Crippen LogP) is 3.73. The van der Waals surface area contributed by atoms with Crippen molar-refractivity contribution in [3.8, 4) is 5.75 Å². The topological polar surface area (TPSA) is 58.2 Å². The average Bonchev–Trinajstić information content (AvgIpc) is 3.12. The summed E-state index contributed by atoms with van der Waals surface area (Å²) in [7, 11) is 1.41. The minimum atomic E-state index is -0.524. The summed E-state index contributed by atoms with van der Waals surface area (Å²) in [5, 5.41) is 0. The number of methoxy groups -OCH3 is 1. The van der Waals surface area contributed by atoms with E-state index in [2.05, 4.69) is 9.97 Å². The number of carbonyl (C=O) groups excluding carboxylic acids is 1. The largest absolute Gasteiger partial charge is 0.494 e. The zero-order chi connectivity index (χ0) is 18.1. The summed E-state index contributed by atoms with van der Waals surface area (Å²) in [6, 6.07) is 12.2. The molecular weight excluding hydrogens is 333 g/mol. The Morgan fingerprint density at radius 3 is 2.92 bits per heavy atom. The molecule has 4 rings (SSSR count). The van der Waals surface area contributed by atoms with E-state index in [1.54, 1.807) is 11.0 Å². The quantitative estimate of drug-likeness (QED) is 0.780. The Hall–Kier alpha value is -2.89. The molecule has 26 heavy (non-hydrogen) atoms. The first-order valence-electron chi connectivity index (χ1n) is 8.73. The SMILES string of the molecule is COc1ccc(C(=O)N2CCC[C@@H](c3nc4ccccc4[nH]3)C2)cc1F. The van der Waals surface area contributed by atoms with E-state index in [1.165, 1.54) is 19.2 Å². The van der Waals surface area contributed by atoms with Gasteiger partial charge in [-0.3, -0.25) is 4.79 Å². The molecule has 0 saturated carbocycles. The van der Waals surface area contributed by atoms with Gasteiger partial charge < -0.3 is 14.6 Å². The number of ether oxygens (including phenoxy) is 1. The number of amides is 1. The highest BCUT2D eigenvalue weighted by atomic mass is 19.1. The monoisotopic (exact) mass is 353 g/mol. The van der Waals surface area contributed by atoms with E-state index in [0.717, 1.165) is 29.7 Å². The maximum absolute atomic E-state index is 13.9. The van der Waals surface area contributed by atoms with Crippen molar-refractivity contribution in [1.29, 1.82) is 0 Å². The van der Waals surface area contributed by atoms with Gasteiger partial charge in [-0.05, 0) is 43.2 Å². The molecule has 1 amide bonds. The number of nitrogens with zero attached hydrogens (tertiary/aromatic N) is 2. The number of fused-ring (bicyclic) bond motifs is 1. The van der Waals surface area contributed by atoms with Crippen molar-refractivity contribution in [3.63, 3.8) is 0 Å². The number of para-hydroxylation sites is 2. The molecule has 1 atom stereocenters. The van der Waals surface area contributed by atoms with Crippen LogP contribution in [0.3, 0.4) is 0 Å². The third kappa shape index (κ3) is 3.03. The number of hydrogen-bond acceptors (Lipinski definition) is 3. The number of carbonyl (C=O) groups is 1. The molecular formula is C20H20FN3O2. The molecule has 2 heterocycles. The molecule has 0 unspecified atom stereocenters. The van der Waals surface area contributed by atoms with Crippen molar-refractivity contribution in [1.82, 2.24) is 14.9 Å². The van der Waals surface area contributed by atoms with E-state index in [1.807, 2.05) is 24.3 Å². The summed E-state index contributed by atoms with van der Waals surface area (Å²) in [5.41, 5.74) is 2.28. The van der Waals surface area contributed by atoms with E-state index in [4.69, 9.17) is 4.74 Å². The summed E-state index contributed by atoms with van der Waals surface area (Å²) >= 11 is 0. The Balaban J connectivity index is 1.54. The molecule has 1 saturated heterocycles. The molecule has 6 heteroatoms. The molecule has 5 nitrogen and oxygen atoms in total. The molecule has 1 aromatic heterocycles. The minimum absolute atomic E-state index is 0.139. The molecule has 134 valence electrons. The Morgan fingerprint density at radius 2 is 2.15 bits per heavy atom. The lowest BCUT2D eigenvalue weighted by atomic mass is 9.96. The van der Waals surface area contributed by atoms with Crippen molar-refractivity contribution in [3.05, 3.63) is 59.7 Å². The lowest BCUT2D eigenvalue weighted by Gasteiger charge is -2.32. The number of likely N-dealkylation sites (tertiary alicyclic amines) is 1. The third-order valence-electron chi connectivity index (χ3n) is 4.90. The van der Waals surface area contributed by atoms with Crippen molar-refractivity contribution in [2.75, 3.05) is 20.2 Å². The van der Waals surface area contributed by atoms with Crippen molar-refractivity contribution >= 4 is 16.9 Å². The summed E-state index contributed by atoms with van der Waals surface area (Å²) in [4.78, 5) is 22.6. The number of hydrogen-bond donors (Lipinski definition) is 1. The zero-order valence-corrected chi connectivity index (χ0v) is 14.5. The van der Waals surface area contributed by atoms with E-state index >= 15 is 0 Å². The number of benzene rings is 2. The van der Waals surface area contributed by atoms with E-state index in [0.29, 0.717) is 18.7 Å². The highest BCUT2D eigenvalue weighted by Crippen LogP contribution is 2.28. The number of aromatic nitrogens is 2. The number of aromatic amines is 1. The van der Waals surface area contributed by atoms with Gasteiger partial charge in [0.25, 0.3) is 5.91 Å². The molecule has 1 fully saturated rings. The van der Waals surface area contributed by atoms with Gasteiger partial charge in [0.05, 0.1) is 18.1 Å². The highest BCUT2D eigenvalue weighted by Gasteiger charge is 2.27. The van der Waals surface area contributed by atoms with Gasteiger partial charge in [0.1, 0.15) is 5.82 Å². The van der Waals surface area contributed by atoms with Crippen molar-refractivity contribution in [2.24, 2.45) is 0 Å². The van der Waals surface area contributed by atoms with Crippen LogP contribution in [0.1, 0.15) is 34.9 Å². The van der Waals surface area contributed by atoms with Gasteiger partial charge in [-0.2, -0.15) is 0 Å². The second-order valence-electron chi connectivity index (χ2n) is 6.58. The van der Waals surface area contributed by atoms with Crippen LogP contribution in [0.5, 0.6) is 5.75 Å². The summed E-state index contributed by atoms with van der Waals surface area (Å²) in [6.45, 7) is 1.25. The van der Waals surface area contributed by atoms with Crippen LogP contribution in [-0.2, 0) is 0 Å². The molecule has 1 N–H and O–H groups in total. The van der Waals surface area contributed by atoms with Crippen LogP contribution >= 0.6 is 0 Å². The molecule has 2 aromatic carbocycles. The van der Waals surface area contributed by atoms with Gasteiger partial charge in [0.2, 0.25) is 0 Å². The normalized spacial score (nSPS) is 17.5. The lowest BCUT2D eigenvalue weighted by Crippen LogP contribution is -2.39. The fraction of sp³-hybridized carbons (Fsp3) is 0.300. The number of rotatable bonds is 3. The second kappa shape index (κ2) is 6.78. The number of nitrogens with one attached hydrogen (secondary N) is 1. The van der Waals surface area contributed by atoms with Crippen molar-refractivity contribution in [2.45, 2.75) is 18.8 Å². The van der Waals surface area contributed by atoms with Gasteiger partial charge >= 0.3 is 0 Å². The van der Waals surface area contributed by atoms with Gasteiger partial charge in [0, 0.05) is 24.6 Å². The molecule has 0 bridgehead atoms. The number of H-pyrrole nitrogens is 1. The van der Waals surface area contributed by atoms with Crippen LogP contribution in [0.25, 0.3) is 11.0 Å². The maximum atomic E-state index is 13.9. The molecule has 1 aliphatic heterocycles. The Bertz CT molecular complexity index is 920. The first-order chi connectivity index (χ1) is 12.7. The highest BCUT2D eigenvalue weighted by molar-refractivity contribution is 5.94. The smallest absolute Gasteiger partial charge is 0.253 e. The van der Waals surface area contributed by atoms with Gasteiger partial charge in [-0.25, -0.2) is 9.37 Å². The number of halogens is 1. The average molecular weight is 353 g/mol. The van der Waals surface area contributed by atoms with E-state index in [9.17, 15) is 9.18 Å². The first-order valence-corrected chi connectivity index (χ1v) is 8.73. The van der Waals surface area contributed by atoms with Crippen LogP contribution < -0.4 is 4.74 Å². The van der Waals surface area contributed by atoms with E-state index < -0.39 is 5.82 Å². The summed E-state index contributed by atoms with van der Waals surface area (Å²) in [5.74, 6) is 0.518. The minimum Gasteiger partial charge on any atom is -0.494 e. The van der Waals surface area contributed by atoms with Crippen LogP contribution in [-0.4, -0.2) is 41.0 Å². The maximum Gasteiger partial charge on any atom is 0.253 e. The predicted molar refractivity (Wildman–Crippen MR) is 96.9 cm³/mol. The first kappa shape index (κ1) is 16.6. The van der Waals surface area contributed by atoms with Crippen LogP contribution in [0.15, 0.2) is 42.5 Å². The summed E-state index contributed by atoms with van der Waals surface area (Å²) in [6.07, 6.45) is 1.87. The van der Waals surface area contributed by atoms with Crippen LogP contribution in [0, 0.1) is 5.82 Å². The standard InChI is InChI=1S/C20H20FN3O2/c1-26-18-9-8-13(11-15(18)21)20(25)24-10-4-5-14(12-24)19-22-16-6-2-3-7-17(16)23-19/h2-3,6-9,11,14H,4-5,10,12H2,1H3,(H,22,23)/t14-/m1/s1. The number of imidazole rings is 1. The Morgan fingerprint density at radius 1 is 1.31 bits per heavy atom. The molecule has 1 aliphatic rings. The van der Waals surface area contributed by atoms with Crippen LogP contribution in [0.2, 0.25) is 0 Å². The third-order valence-corrected chi connectivity index (χ3v) is 4.90. The van der Waals surface area contributed by atoms with Gasteiger partial charge in [0.15, 0.2) is 11.6 Å². The molecule has 0 spiro atoms. The lowest BCUT2D eigenvalue weighted by molar-refractivity contribution is 0.0704. The summed E-state index contributed by atoms with van der Waals surface area (Å²) < 4.78 is 18.8. The fourth-order valence-electron chi connectivity index (χ4n) is 3.53. The fourth-order valence-corrected chi connectivity index (χ4v) is 3.53. The van der Waals surface area contributed by atoms with Crippen molar-refractivity contribution < 1.29 is 13.9 Å². The Kier molecular flexibility index (Phi) is 4.32. The van der Waals surface area contributed by atoms with Gasteiger partial charge in [-0.1, -0.05) is 12.1 Å². The van der Waals surface area contributed by atoms with E-state index in [-0.39, 0.29) is 17.6 Å². The van der Waals surface area contributed by atoms with Gasteiger partial charge in [-0.15, -0.1) is 0 Å². The number of piperidine rings is 1. The molecule has 3 aromatic rings. The molecule has 0 aliphatic carbocycles. The molecule has 0 radical (unpaired) electrons. The second-order valence-corrected chi connectivity index (χ2v) is 6.58. The Labute approximate surface area is 150 Å². The zero-order valence-electron chi connectivity index (χ0n) is 14.5. The van der Waals surface area contributed by atoms with Crippen LogP contribution in [0.4, 0.5) is 4.39 Å².